The summed E-state index contributed by atoms with van der Waals surface area (Å²) in [6.45, 7) is 2.78. The quantitative estimate of drug-likeness (QED) is 0.192. The van der Waals surface area contributed by atoms with Gasteiger partial charge in [-0.05, 0) is 25.9 Å². The van der Waals surface area contributed by atoms with Crippen LogP contribution in [-0.2, 0) is 21.8 Å². The molecule has 3 heterocycles. The van der Waals surface area contributed by atoms with Gasteiger partial charge in [0.1, 0.15) is 0 Å². The molecule has 2 aromatic rings. The van der Waals surface area contributed by atoms with E-state index < -0.39 is 46.1 Å². The third-order valence-corrected chi connectivity index (χ3v) is 28.3. The van der Waals surface area contributed by atoms with Crippen LogP contribution in [0.3, 0.4) is 0 Å². The van der Waals surface area contributed by atoms with Crippen molar-refractivity contribution in [1.82, 2.24) is 9.62 Å². The second-order valence-electron chi connectivity index (χ2n) is 15.8. The van der Waals surface area contributed by atoms with Crippen molar-refractivity contribution < 1.29 is 31.1 Å². The number of alkyl halides is 2. The van der Waals surface area contributed by atoms with Crippen LogP contribution in [0, 0.1) is 5.92 Å². The van der Waals surface area contributed by atoms with Gasteiger partial charge >= 0.3 is 261 Å². The van der Waals surface area contributed by atoms with Gasteiger partial charge < -0.3 is 9.64 Å². The molecule has 12 heteroatoms. The van der Waals surface area contributed by atoms with Crippen LogP contribution < -0.4 is 9.46 Å². The van der Waals surface area contributed by atoms with Gasteiger partial charge in [-0.25, -0.2) is 0 Å². The first-order chi connectivity index (χ1) is 24.6. The van der Waals surface area contributed by atoms with Crippen LogP contribution in [0.25, 0.3) is 11.1 Å². The summed E-state index contributed by atoms with van der Waals surface area (Å²) in [6, 6.07) is 12.3. The summed E-state index contributed by atoms with van der Waals surface area (Å²) in [4.78, 5) is 16.2. The van der Waals surface area contributed by atoms with Gasteiger partial charge in [0.15, 0.2) is 0 Å². The van der Waals surface area contributed by atoms with E-state index in [0.29, 0.717) is 65.3 Å². The molecule has 2 aromatic carbocycles. The molecular formula is C39H49IN2O7S2. The topological polar surface area (TPSA) is 119 Å². The molecule has 3 saturated heterocycles. The third kappa shape index (κ3) is 5.74. The zero-order chi connectivity index (χ0) is 35.1. The molecule has 5 atom stereocenters. The van der Waals surface area contributed by atoms with Crippen LogP contribution in [0.2, 0.25) is 0 Å². The van der Waals surface area contributed by atoms with Crippen molar-refractivity contribution in [3.05, 3.63) is 64.2 Å². The van der Waals surface area contributed by atoms with Gasteiger partial charge in [0.2, 0.25) is 0 Å². The number of ether oxygens (including phenoxy) is 2. The van der Waals surface area contributed by atoms with E-state index in [-0.39, 0.29) is 17.1 Å². The Labute approximate surface area is 308 Å². The average molecular weight is 849 g/mol. The van der Waals surface area contributed by atoms with E-state index in [2.05, 4.69) is 21.8 Å². The van der Waals surface area contributed by atoms with E-state index in [1.54, 1.807) is 13.2 Å². The summed E-state index contributed by atoms with van der Waals surface area (Å²) >= 11 is -2.47. The number of rotatable bonds is 7. The first-order valence-corrected chi connectivity index (χ1v) is 27.5. The predicted octanol–water partition coefficient (Wildman–Crippen LogP) is 6.47. The number of methoxy groups -OCH3 is 1. The average Bonchev–Trinajstić information content (AvgIpc) is 3.59. The van der Waals surface area contributed by atoms with E-state index in [0.717, 1.165) is 79.6 Å². The minimum atomic E-state index is -3.73. The van der Waals surface area contributed by atoms with Crippen LogP contribution in [0.1, 0.15) is 115 Å². The van der Waals surface area contributed by atoms with Crippen molar-refractivity contribution >= 4 is 52.5 Å². The molecule has 0 spiro atoms. The molecule has 0 radical (unpaired) electrons. The maximum absolute atomic E-state index is 15.2. The van der Waals surface area contributed by atoms with Crippen molar-refractivity contribution in [3.8, 4) is 5.75 Å². The number of halogens is 1. The van der Waals surface area contributed by atoms with Crippen molar-refractivity contribution in [3.63, 3.8) is 0 Å². The molecule has 9 nitrogen and oxygen atoms in total. The molecule has 51 heavy (non-hydrogen) atoms. The predicted molar refractivity (Wildman–Crippen MR) is 208 cm³/mol. The molecule has 276 valence electrons. The number of hydrogen-bond acceptors (Lipinski definition) is 8. The van der Waals surface area contributed by atoms with Gasteiger partial charge in [-0.3, -0.25) is 0 Å². The number of sulfone groups is 1. The fourth-order valence-corrected chi connectivity index (χ4v) is 22.4. The van der Waals surface area contributed by atoms with Crippen LogP contribution in [-0.4, -0.2) is 85.9 Å². The van der Waals surface area contributed by atoms with E-state index in [1.807, 2.05) is 18.2 Å². The molecule has 2 saturated carbocycles. The zero-order valence-electron chi connectivity index (χ0n) is 29.4. The standard InChI is InChI=1S/C39H49IN2O7S2/c1-48-28-10-12-31-33(22-28)35-24-39(35,50(44,45)29-13-17-42-16-5-8-27(42)21-29)23-34-32-20-26(38(43)41-51(46,47)40-14-18-49-19-15-40)9-11-30(32)36(37(31)34)25-6-3-2-4-7-25/h9-12,20,22,25,27,29,34-35H,2-8,13-19,21,23-24H2,1H3,(H,41,43). The maximum atomic E-state index is 15.2. The third-order valence-electron chi connectivity index (χ3n) is 13.3. The van der Waals surface area contributed by atoms with Crippen molar-refractivity contribution in [2.75, 3.05) is 42.3 Å². The number of benzene rings is 2. The molecule has 1 amide bonds. The summed E-state index contributed by atoms with van der Waals surface area (Å²) in [7, 11) is -5.59. The van der Waals surface area contributed by atoms with Crippen molar-refractivity contribution in [2.45, 2.75) is 98.5 Å². The first kappa shape index (κ1) is 34.7. The molecule has 4 aliphatic carbocycles. The Morgan fingerprint density at radius 2 is 1.65 bits per heavy atom. The normalized spacial score (nSPS) is 31.5. The van der Waals surface area contributed by atoms with Crippen LogP contribution >= 0.6 is 18.4 Å². The number of fused-ring (bicyclic) bond motifs is 8. The molecule has 7 aliphatic rings. The summed E-state index contributed by atoms with van der Waals surface area (Å²) in [5.41, 5.74) is 7.15. The molecule has 5 fully saturated rings. The zero-order valence-corrected chi connectivity index (χ0v) is 33.2. The summed E-state index contributed by atoms with van der Waals surface area (Å²) in [5, 5.41) is -0.350. The Balaban J connectivity index is 1.15. The number of carbonyl (C=O) groups excluding carboxylic acids is 1. The van der Waals surface area contributed by atoms with E-state index in [1.165, 1.54) is 17.6 Å². The number of piperidine rings is 1. The Morgan fingerprint density at radius 1 is 0.882 bits per heavy atom. The molecule has 5 unspecified atom stereocenters. The fourth-order valence-electron chi connectivity index (χ4n) is 10.7. The van der Waals surface area contributed by atoms with Crippen LogP contribution in [0.15, 0.2) is 36.4 Å². The molecule has 9 rings (SSSR count). The molecular weight excluding hydrogens is 799 g/mol. The van der Waals surface area contributed by atoms with Crippen LogP contribution in [0.5, 0.6) is 5.75 Å². The monoisotopic (exact) mass is 848 g/mol. The van der Waals surface area contributed by atoms with Crippen molar-refractivity contribution in [1.29, 1.82) is 0 Å². The Morgan fingerprint density at radius 3 is 2.43 bits per heavy atom. The Bertz CT molecular complexity index is 2000. The summed E-state index contributed by atoms with van der Waals surface area (Å²) < 4.78 is 70.8. The number of allylic oxidation sites excluding steroid dienone is 2. The van der Waals surface area contributed by atoms with Gasteiger partial charge in [0.25, 0.3) is 0 Å². The molecule has 1 N–H and O–H groups in total. The van der Waals surface area contributed by atoms with E-state index in [4.69, 9.17) is 9.47 Å². The second kappa shape index (κ2) is 13.1. The number of hydrogen-bond donors (Lipinski definition) is 1. The number of nitrogens with one attached hydrogen (secondary N) is 1. The Kier molecular flexibility index (Phi) is 8.92. The van der Waals surface area contributed by atoms with E-state index >= 15 is 8.42 Å². The second-order valence-corrected chi connectivity index (χ2v) is 30.3. The van der Waals surface area contributed by atoms with Crippen LogP contribution in [0.4, 0.5) is 0 Å². The van der Waals surface area contributed by atoms with Gasteiger partial charge in [-0.15, -0.1) is 0 Å². The van der Waals surface area contributed by atoms with Gasteiger partial charge in [0.05, 0.1) is 7.11 Å². The van der Waals surface area contributed by atoms with Gasteiger partial charge in [-0.2, -0.15) is 0 Å². The number of amides is 1. The SMILES string of the molecule is COc1ccc2c(c1)C1CC1(S(=O)(=O)C1CCN3CCCC3C1)CC1C2=C(C2CCCCC2)c2ccc(C(=O)NS(=O)(=O)I3CCOCC3)cc21. The molecule has 3 aliphatic heterocycles. The fraction of sp³-hybridized carbons (Fsp3) is 0.615. The van der Waals surface area contributed by atoms with Crippen molar-refractivity contribution in [2.24, 2.45) is 5.92 Å². The molecule has 0 bridgehead atoms. The van der Waals surface area contributed by atoms with E-state index in [9.17, 15) is 13.2 Å². The Hall–Kier alpha value is -2.00. The van der Waals surface area contributed by atoms with Gasteiger partial charge in [0, 0.05) is 6.04 Å². The summed E-state index contributed by atoms with van der Waals surface area (Å²) in [5.74, 6) is 0.191. The summed E-state index contributed by atoms with van der Waals surface area (Å²) in [6.07, 6.45) is 10.4. The van der Waals surface area contributed by atoms with Gasteiger partial charge in [-0.1, -0.05) is 0 Å². The number of carbonyl (C=O) groups is 1. The first-order valence-electron chi connectivity index (χ1n) is 18.9. The molecule has 0 aromatic heterocycles. The minimum absolute atomic E-state index is 0.106. The number of nitrogens with zero attached hydrogens (tertiary/aromatic N) is 1.